The van der Waals surface area contributed by atoms with Crippen LogP contribution in [0.25, 0.3) is 0 Å². The van der Waals surface area contributed by atoms with Crippen molar-refractivity contribution in [3.8, 4) is 0 Å². The number of nitrogens with zero attached hydrogens (tertiary/aromatic N) is 1. The van der Waals surface area contributed by atoms with E-state index >= 15 is 0 Å². The number of amides is 4. The summed E-state index contributed by atoms with van der Waals surface area (Å²) in [6, 6.07) is -0.715. The van der Waals surface area contributed by atoms with E-state index in [1.54, 1.807) is 4.90 Å². The van der Waals surface area contributed by atoms with E-state index in [1.807, 2.05) is 48.5 Å². The lowest BCUT2D eigenvalue weighted by molar-refractivity contribution is -0.129. The Balaban J connectivity index is 2.18. The van der Waals surface area contributed by atoms with Crippen molar-refractivity contribution in [2.24, 2.45) is 23.5 Å². The van der Waals surface area contributed by atoms with E-state index in [0.29, 0.717) is 31.8 Å². The smallest absolute Gasteiger partial charge is 0.412 e. The van der Waals surface area contributed by atoms with E-state index < -0.39 is 17.4 Å². The molecule has 36 heavy (non-hydrogen) atoms. The van der Waals surface area contributed by atoms with Gasteiger partial charge in [0.05, 0.1) is 12.1 Å². The van der Waals surface area contributed by atoms with Crippen LogP contribution in [0.5, 0.6) is 0 Å². The number of primary amides is 1. The van der Waals surface area contributed by atoms with Gasteiger partial charge in [0.25, 0.3) is 0 Å². The van der Waals surface area contributed by atoms with Crippen LogP contribution in [0.1, 0.15) is 99.8 Å². The fourth-order valence-electron chi connectivity index (χ4n) is 5.54. The molecule has 2 rings (SSSR count). The molecule has 1 aliphatic heterocycles. The first-order valence-corrected chi connectivity index (χ1v) is 13.7. The summed E-state index contributed by atoms with van der Waals surface area (Å²) in [5.41, 5.74) is 3.66. The van der Waals surface area contributed by atoms with Crippen molar-refractivity contribution < 1.29 is 23.9 Å². The van der Waals surface area contributed by atoms with Gasteiger partial charge < -0.3 is 25.8 Å². The molecule has 9 nitrogen and oxygen atoms in total. The second kappa shape index (κ2) is 13.0. The summed E-state index contributed by atoms with van der Waals surface area (Å²) in [4.78, 5) is 39.2. The molecule has 9 heteroatoms. The lowest BCUT2D eigenvalue weighted by Gasteiger charge is -2.37. The van der Waals surface area contributed by atoms with E-state index in [1.165, 1.54) is 32.1 Å². The molecule has 208 valence electrons. The number of urea groups is 1. The monoisotopic (exact) mass is 510 g/mol. The Morgan fingerprint density at radius 3 is 2.25 bits per heavy atom. The topological polar surface area (TPSA) is 123 Å². The van der Waals surface area contributed by atoms with E-state index in [2.05, 4.69) is 10.6 Å². The Morgan fingerprint density at radius 1 is 1.08 bits per heavy atom. The second-order valence-electron chi connectivity index (χ2n) is 12.3. The zero-order valence-corrected chi connectivity index (χ0v) is 23.5. The van der Waals surface area contributed by atoms with Crippen LogP contribution in [0.4, 0.5) is 9.59 Å². The van der Waals surface area contributed by atoms with Crippen molar-refractivity contribution in [3.63, 3.8) is 0 Å². The quantitative estimate of drug-likeness (QED) is 0.373. The maximum absolute atomic E-state index is 13.4. The third-order valence-corrected chi connectivity index (χ3v) is 7.25. The van der Waals surface area contributed by atoms with E-state index in [4.69, 9.17) is 15.2 Å². The Labute approximate surface area is 217 Å². The van der Waals surface area contributed by atoms with Gasteiger partial charge in [-0.1, -0.05) is 46.0 Å². The summed E-state index contributed by atoms with van der Waals surface area (Å²) in [7, 11) is 0. The summed E-state index contributed by atoms with van der Waals surface area (Å²) >= 11 is 0. The van der Waals surface area contributed by atoms with Gasteiger partial charge in [0.1, 0.15) is 11.3 Å². The zero-order chi connectivity index (χ0) is 27.1. The molecule has 0 unspecified atom stereocenters. The molecule has 0 aromatic rings. The summed E-state index contributed by atoms with van der Waals surface area (Å²) in [5.74, 6) is 0.351. The molecule has 0 aromatic heterocycles. The lowest BCUT2D eigenvalue weighted by atomic mass is 9.81. The predicted octanol–water partition coefficient (Wildman–Crippen LogP) is 4.53. The Bertz CT molecular complexity index is 743. The molecule has 1 aliphatic carbocycles. The molecule has 4 N–H and O–H groups in total. The van der Waals surface area contributed by atoms with Gasteiger partial charge in [0, 0.05) is 19.0 Å². The average molecular weight is 511 g/mol. The highest BCUT2D eigenvalue weighted by atomic mass is 16.6. The van der Waals surface area contributed by atoms with E-state index in [0.717, 1.165) is 6.42 Å². The highest BCUT2D eigenvalue weighted by Crippen LogP contribution is 2.41. The zero-order valence-electron chi connectivity index (χ0n) is 23.5. The maximum atomic E-state index is 13.4. The van der Waals surface area contributed by atoms with Crippen LogP contribution < -0.4 is 16.4 Å². The number of ether oxygens (including phenoxy) is 2. The van der Waals surface area contributed by atoms with E-state index in [-0.39, 0.29) is 36.0 Å². The molecule has 1 saturated heterocycles. The van der Waals surface area contributed by atoms with Crippen LogP contribution in [-0.2, 0) is 14.3 Å². The lowest BCUT2D eigenvalue weighted by Crippen LogP contribution is -2.51. The minimum Gasteiger partial charge on any atom is -0.444 e. The third-order valence-electron chi connectivity index (χ3n) is 7.25. The van der Waals surface area contributed by atoms with Crippen molar-refractivity contribution >= 4 is 18.0 Å². The van der Waals surface area contributed by atoms with Crippen LogP contribution in [0.2, 0.25) is 0 Å². The first kappa shape index (κ1) is 30.2. The van der Waals surface area contributed by atoms with Gasteiger partial charge >= 0.3 is 12.1 Å². The molecular weight excluding hydrogens is 460 g/mol. The average Bonchev–Trinajstić information content (AvgIpc) is 2.99. The number of hydrogen-bond donors (Lipinski definition) is 3. The van der Waals surface area contributed by atoms with Gasteiger partial charge in [0.15, 0.2) is 0 Å². The number of nitrogens with two attached hydrogens (primary N) is 1. The highest BCUT2D eigenvalue weighted by molar-refractivity contribution is 5.79. The molecule has 0 spiro atoms. The fourth-order valence-corrected chi connectivity index (χ4v) is 5.54. The number of rotatable bonds is 10. The first-order valence-electron chi connectivity index (χ1n) is 13.7. The molecule has 0 bridgehead atoms. The van der Waals surface area contributed by atoms with Crippen LogP contribution in [-0.4, -0.2) is 59.5 Å². The Kier molecular flexibility index (Phi) is 10.9. The molecule has 0 radical (unpaired) electrons. The van der Waals surface area contributed by atoms with Crippen molar-refractivity contribution in [1.82, 2.24) is 15.5 Å². The molecule has 2 aliphatic rings. The predicted molar refractivity (Wildman–Crippen MR) is 140 cm³/mol. The highest BCUT2D eigenvalue weighted by Gasteiger charge is 2.52. The maximum Gasteiger partial charge on any atom is 0.412 e. The molecule has 1 heterocycles. The van der Waals surface area contributed by atoms with Gasteiger partial charge in [-0.25, -0.2) is 9.59 Å². The van der Waals surface area contributed by atoms with Crippen LogP contribution in [0, 0.1) is 17.8 Å². The second-order valence-corrected chi connectivity index (χ2v) is 12.3. The molecule has 3 atom stereocenters. The summed E-state index contributed by atoms with van der Waals surface area (Å²) in [6.45, 7) is 14.4. The number of carbonyl (C=O) groups excluding carboxylic acids is 3. The van der Waals surface area contributed by atoms with Crippen molar-refractivity contribution in [2.75, 3.05) is 13.1 Å². The van der Waals surface area contributed by atoms with E-state index in [9.17, 15) is 14.4 Å². The molecule has 1 saturated carbocycles. The summed E-state index contributed by atoms with van der Waals surface area (Å²) in [5, 5.41) is 5.54. The molecular formula is C27H50N4O5. The van der Waals surface area contributed by atoms with Crippen molar-refractivity contribution in [3.05, 3.63) is 0 Å². The van der Waals surface area contributed by atoms with Crippen LogP contribution >= 0.6 is 0 Å². The first-order chi connectivity index (χ1) is 16.7. The third kappa shape index (κ3) is 9.12. The normalized spacial score (nSPS) is 23.4. The van der Waals surface area contributed by atoms with Gasteiger partial charge in [-0.2, -0.15) is 0 Å². The Hall–Kier alpha value is -2.03. The van der Waals surface area contributed by atoms with Gasteiger partial charge in [-0.3, -0.25) is 9.69 Å². The largest absolute Gasteiger partial charge is 0.444 e. The van der Waals surface area contributed by atoms with Gasteiger partial charge in [0.2, 0.25) is 5.91 Å². The van der Waals surface area contributed by atoms with Gasteiger partial charge in [-0.15, -0.1) is 0 Å². The SMILES string of the molecule is CC(C)[C@H](C[C@@H]1OC(C)(C)N(C(=O)OC(C)(C)C)[C@H]1CC1CCCCC1)C(=O)NCCCNC(N)=O. The van der Waals surface area contributed by atoms with Crippen molar-refractivity contribution in [2.45, 2.75) is 123 Å². The number of carbonyl (C=O) groups is 3. The molecule has 0 aromatic carbocycles. The standard InChI is InChI=1S/C27H50N4O5/c1-18(2)20(23(32)29-14-11-15-30-24(28)33)17-22-21(16-19-12-9-8-10-13-19)31(27(6,7)35-22)25(34)36-26(3,4)5/h18-22H,8-17H2,1-7H3,(H,29,32)(H3,28,30,33)/t20-,21-,22-/m0/s1. The minimum atomic E-state index is -0.829. The van der Waals surface area contributed by atoms with Crippen molar-refractivity contribution in [1.29, 1.82) is 0 Å². The number of nitrogens with one attached hydrogen (secondary N) is 2. The summed E-state index contributed by atoms with van der Waals surface area (Å²) in [6.07, 6.45) is 7.42. The Morgan fingerprint density at radius 2 is 1.69 bits per heavy atom. The fraction of sp³-hybridized carbons (Fsp3) is 0.889. The van der Waals surface area contributed by atoms with Crippen LogP contribution in [0.3, 0.4) is 0 Å². The summed E-state index contributed by atoms with van der Waals surface area (Å²) < 4.78 is 12.3. The van der Waals surface area contributed by atoms with Gasteiger partial charge in [-0.05, 0) is 65.7 Å². The number of hydrogen-bond acceptors (Lipinski definition) is 5. The molecule has 2 fully saturated rings. The molecule has 4 amide bonds. The minimum absolute atomic E-state index is 0.0300. The van der Waals surface area contributed by atoms with Crippen LogP contribution in [0.15, 0.2) is 0 Å².